The van der Waals surface area contributed by atoms with Crippen molar-refractivity contribution in [3.8, 4) is 11.3 Å². The fraction of sp³-hybridized carbons (Fsp3) is 0.214. The van der Waals surface area contributed by atoms with Crippen molar-refractivity contribution >= 4 is 10.9 Å². The molecular weight excluding hydrogens is 238 g/mol. The van der Waals surface area contributed by atoms with Gasteiger partial charge in [-0.3, -0.25) is 0 Å². The van der Waals surface area contributed by atoms with E-state index in [9.17, 15) is 0 Å². The molecule has 0 spiro atoms. The maximum Gasteiger partial charge on any atom is 0.152 e. The number of nitrogens with one attached hydrogen (secondary N) is 1. The zero-order chi connectivity index (χ0) is 13.2. The third kappa shape index (κ3) is 2.20. The number of nitrogens with two attached hydrogens (primary N) is 1. The number of H-pyrrole nitrogens is 1. The maximum atomic E-state index is 5.47. The average molecular weight is 253 g/mol. The SMILES string of the molecule is Cc1ccc2[nH]cc(-c3cnc(CCN)nn3)c2c1. The Balaban J connectivity index is 2.06. The number of fused-ring (bicyclic) bond motifs is 1. The molecule has 5 nitrogen and oxygen atoms in total. The molecule has 0 aliphatic carbocycles. The molecule has 0 saturated carbocycles. The van der Waals surface area contributed by atoms with Gasteiger partial charge in [-0.1, -0.05) is 11.6 Å². The van der Waals surface area contributed by atoms with Gasteiger partial charge in [0, 0.05) is 29.1 Å². The van der Waals surface area contributed by atoms with Crippen molar-refractivity contribution in [2.75, 3.05) is 6.54 Å². The van der Waals surface area contributed by atoms with Crippen LogP contribution in [-0.2, 0) is 6.42 Å². The predicted octanol–water partition coefficient (Wildman–Crippen LogP) is 1.83. The molecule has 0 aliphatic heterocycles. The highest BCUT2D eigenvalue weighted by atomic mass is 15.2. The number of hydrogen-bond acceptors (Lipinski definition) is 4. The second-order valence-corrected chi connectivity index (χ2v) is 4.55. The summed E-state index contributed by atoms with van der Waals surface area (Å²) in [6, 6.07) is 6.28. The normalized spacial score (nSPS) is 11.1. The molecule has 96 valence electrons. The van der Waals surface area contributed by atoms with Crippen LogP contribution in [0.15, 0.2) is 30.6 Å². The summed E-state index contributed by atoms with van der Waals surface area (Å²) in [4.78, 5) is 7.52. The van der Waals surface area contributed by atoms with Gasteiger partial charge in [-0.15, -0.1) is 10.2 Å². The molecule has 0 amide bonds. The van der Waals surface area contributed by atoms with Crippen LogP contribution in [0.2, 0.25) is 0 Å². The van der Waals surface area contributed by atoms with Gasteiger partial charge in [-0.2, -0.15) is 0 Å². The lowest BCUT2D eigenvalue weighted by molar-refractivity contribution is 0.813. The number of benzene rings is 1. The van der Waals surface area contributed by atoms with E-state index in [1.807, 2.05) is 6.20 Å². The van der Waals surface area contributed by atoms with Crippen LogP contribution < -0.4 is 5.73 Å². The van der Waals surface area contributed by atoms with Crippen LogP contribution >= 0.6 is 0 Å². The van der Waals surface area contributed by atoms with E-state index in [0.717, 1.165) is 22.2 Å². The molecule has 0 saturated heterocycles. The highest BCUT2D eigenvalue weighted by molar-refractivity contribution is 5.94. The summed E-state index contributed by atoms with van der Waals surface area (Å²) in [5.41, 5.74) is 9.58. The van der Waals surface area contributed by atoms with Gasteiger partial charge in [0.2, 0.25) is 0 Å². The average Bonchev–Trinajstić information content (AvgIpc) is 2.83. The molecule has 0 bridgehead atoms. The molecule has 0 radical (unpaired) electrons. The summed E-state index contributed by atoms with van der Waals surface area (Å²) in [5, 5.41) is 9.47. The lowest BCUT2D eigenvalue weighted by Gasteiger charge is -2.00. The Labute approximate surface area is 110 Å². The fourth-order valence-electron chi connectivity index (χ4n) is 2.11. The van der Waals surface area contributed by atoms with Crippen molar-refractivity contribution in [2.45, 2.75) is 13.3 Å². The van der Waals surface area contributed by atoms with E-state index in [1.165, 1.54) is 5.56 Å². The molecule has 1 aromatic carbocycles. The molecule has 2 heterocycles. The van der Waals surface area contributed by atoms with Crippen LogP contribution in [0.3, 0.4) is 0 Å². The highest BCUT2D eigenvalue weighted by Gasteiger charge is 2.08. The second kappa shape index (κ2) is 4.78. The van der Waals surface area contributed by atoms with Crippen molar-refractivity contribution < 1.29 is 0 Å². The van der Waals surface area contributed by atoms with Gasteiger partial charge in [-0.05, 0) is 25.6 Å². The fourth-order valence-corrected chi connectivity index (χ4v) is 2.11. The molecule has 19 heavy (non-hydrogen) atoms. The summed E-state index contributed by atoms with van der Waals surface area (Å²) < 4.78 is 0. The quantitative estimate of drug-likeness (QED) is 0.746. The summed E-state index contributed by atoms with van der Waals surface area (Å²) in [5.74, 6) is 0.683. The number of aromatic amines is 1. The lowest BCUT2D eigenvalue weighted by atomic mass is 10.1. The van der Waals surface area contributed by atoms with Crippen LogP contribution in [0.25, 0.3) is 22.2 Å². The largest absolute Gasteiger partial charge is 0.360 e. The third-order valence-corrected chi connectivity index (χ3v) is 3.09. The van der Waals surface area contributed by atoms with Gasteiger partial charge in [0.25, 0.3) is 0 Å². The number of hydrogen-bond donors (Lipinski definition) is 2. The van der Waals surface area contributed by atoms with Crippen molar-refractivity contribution in [1.82, 2.24) is 20.2 Å². The summed E-state index contributed by atoms with van der Waals surface area (Å²) in [6.07, 6.45) is 4.35. The first-order valence-electron chi connectivity index (χ1n) is 6.24. The second-order valence-electron chi connectivity index (χ2n) is 4.55. The van der Waals surface area contributed by atoms with E-state index in [0.29, 0.717) is 18.8 Å². The molecule has 3 aromatic rings. The van der Waals surface area contributed by atoms with Crippen LogP contribution in [0.4, 0.5) is 0 Å². The topological polar surface area (TPSA) is 80.5 Å². The molecule has 0 unspecified atom stereocenters. The molecule has 5 heteroatoms. The minimum atomic E-state index is 0.535. The van der Waals surface area contributed by atoms with E-state index < -0.39 is 0 Å². The van der Waals surface area contributed by atoms with E-state index in [4.69, 9.17) is 5.73 Å². The Morgan fingerprint density at radius 3 is 2.89 bits per heavy atom. The first-order valence-corrected chi connectivity index (χ1v) is 6.24. The third-order valence-electron chi connectivity index (χ3n) is 3.09. The van der Waals surface area contributed by atoms with Crippen LogP contribution in [0, 0.1) is 6.92 Å². The van der Waals surface area contributed by atoms with Crippen LogP contribution in [-0.4, -0.2) is 26.7 Å². The van der Waals surface area contributed by atoms with Gasteiger partial charge in [0.1, 0.15) is 5.69 Å². The molecule has 0 fully saturated rings. The number of rotatable bonds is 3. The van der Waals surface area contributed by atoms with Gasteiger partial charge in [-0.25, -0.2) is 4.98 Å². The maximum absolute atomic E-state index is 5.47. The van der Waals surface area contributed by atoms with Gasteiger partial charge >= 0.3 is 0 Å². The number of nitrogens with zero attached hydrogens (tertiary/aromatic N) is 3. The Kier molecular flexibility index (Phi) is 2.97. The Morgan fingerprint density at radius 2 is 2.16 bits per heavy atom. The molecule has 0 aliphatic rings. The highest BCUT2D eigenvalue weighted by Crippen LogP contribution is 2.27. The van der Waals surface area contributed by atoms with Crippen LogP contribution in [0.1, 0.15) is 11.4 Å². The van der Waals surface area contributed by atoms with Gasteiger partial charge in [0.15, 0.2) is 5.82 Å². The Hall–Kier alpha value is -2.27. The molecule has 3 N–H and O–H groups in total. The van der Waals surface area contributed by atoms with E-state index >= 15 is 0 Å². The smallest absolute Gasteiger partial charge is 0.152 e. The van der Waals surface area contributed by atoms with Crippen molar-refractivity contribution in [1.29, 1.82) is 0 Å². The van der Waals surface area contributed by atoms with Crippen LogP contribution in [0.5, 0.6) is 0 Å². The van der Waals surface area contributed by atoms with Gasteiger partial charge < -0.3 is 10.7 Å². The number of aromatic nitrogens is 4. The van der Waals surface area contributed by atoms with E-state index in [-0.39, 0.29) is 0 Å². The van der Waals surface area contributed by atoms with E-state index in [2.05, 4.69) is 45.3 Å². The zero-order valence-corrected chi connectivity index (χ0v) is 10.7. The standard InChI is InChI=1S/C14H15N5/c1-9-2-3-12-10(6-9)11(7-16-12)13-8-17-14(4-5-15)19-18-13/h2-3,6-8,16H,4-5,15H2,1H3. The van der Waals surface area contributed by atoms with Gasteiger partial charge in [0.05, 0.1) is 6.20 Å². The number of aryl methyl sites for hydroxylation is 1. The minimum Gasteiger partial charge on any atom is -0.360 e. The van der Waals surface area contributed by atoms with Crippen molar-refractivity contribution in [2.24, 2.45) is 5.73 Å². The van der Waals surface area contributed by atoms with E-state index in [1.54, 1.807) is 6.20 Å². The first kappa shape index (κ1) is 11.8. The molecule has 3 rings (SSSR count). The predicted molar refractivity (Wildman–Crippen MR) is 74.6 cm³/mol. The first-order chi connectivity index (χ1) is 9.28. The summed E-state index contributed by atoms with van der Waals surface area (Å²) in [6.45, 7) is 2.61. The Bertz CT molecular complexity index is 699. The Morgan fingerprint density at radius 1 is 1.26 bits per heavy atom. The monoisotopic (exact) mass is 253 g/mol. The molecule has 2 aromatic heterocycles. The van der Waals surface area contributed by atoms with Crippen molar-refractivity contribution in [3.05, 3.63) is 42.0 Å². The summed E-state index contributed by atoms with van der Waals surface area (Å²) >= 11 is 0. The van der Waals surface area contributed by atoms with Crippen molar-refractivity contribution in [3.63, 3.8) is 0 Å². The minimum absolute atomic E-state index is 0.535. The lowest BCUT2D eigenvalue weighted by Crippen LogP contribution is -2.07. The molecular formula is C14H15N5. The zero-order valence-electron chi connectivity index (χ0n) is 10.7. The summed E-state index contributed by atoms with van der Waals surface area (Å²) in [7, 11) is 0. The molecule has 0 atom stereocenters.